The third-order valence-electron chi connectivity index (χ3n) is 3.29. The van der Waals surface area contributed by atoms with Crippen molar-refractivity contribution >= 4 is 28.3 Å². The van der Waals surface area contributed by atoms with Gasteiger partial charge in [0.05, 0.1) is 13.0 Å². The Kier molecular flexibility index (Phi) is 7.35. The molecule has 24 heavy (non-hydrogen) atoms. The number of hydrogen-bond acceptors (Lipinski definition) is 6. The fourth-order valence-corrected chi connectivity index (χ4v) is 2.72. The van der Waals surface area contributed by atoms with E-state index >= 15 is 0 Å². The van der Waals surface area contributed by atoms with Crippen molar-refractivity contribution in [3.05, 3.63) is 40.9 Å². The lowest BCUT2D eigenvalue weighted by atomic mass is 10.1. The standard InChI is InChI=1S/C17H21N3O3S/c1-2-15-19-20-17(24-15)18-14(21)10-11-16(22)23-12-6-9-13-7-4-3-5-8-13/h3-5,7-8H,2,6,9-12H2,1H3,(H,18,20,21). The van der Waals surface area contributed by atoms with Crippen LogP contribution in [-0.4, -0.2) is 28.7 Å². The van der Waals surface area contributed by atoms with Crippen molar-refractivity contribution in [3.8, 4) is 0 Å². The molecular weight excluding hydrogens is 326 g/mol. The molecule has 0 saturated carbocycles. The average Bonchev–Trinajstić information content (AvgIpc) is 3.05. The fourth-order valence-electron chi connectivity index (χ4n) is 2.02. The Morgan fingerprint density at radius 2 is 1.96 bits per heavy atom. The summed E-state index contributed by atoms with van der Waals surface area (Å²) in [7, 11) is 0. The number of anilines is 1. The Morgan fingerprint density at radius 1 is 1.17 bits per heavy atom. The summed E-state index contributed by atoms with van der Waals surface area (Å²) in [4.78, 5) is 23.4. The van der Waals surface area contributed by atoms with Gasteiger partial charge in [-0.1, -0.05) is 48.6 Å². The molecule has 0 aliphatic rings. The number of ether oxygens (including phenoxy) is 1. The minimum atomic E-state index is -0.357. The monoisotopic (exact) mass is 347 g/mol. The van der Waals surface area contributed by atoms with E-state index in [9.17, 15) is 9.59 Å². The normalized spacial score (nSPS) is 10.4. The first-order valence-electron chi connectivity index (χ1n) is 7.99. The molecular formula is C17H21N3O3S. The molecule has 0 unspecified atom stereocenters. The van der Waals surface area contributed by atoms with Crippen LogP contribution in [0.5, 0.6) is 0 Å². The molecule has 0 aliphatic heterocycles. The van der Waals surface area contributed by atoms with Gasteiger partial charge >= 0.3 is 5.97 Å². The van der Waals surface area contributed by atoms with Crippen molar-refractivity contribution in [1.29, 1.82) is 0 Å². The first-order valence-corrected chi connectivity index (χ1v) is 8.81. The predicted molar refractivity (Wildman–Crippen MR) is 92.9 cm³/mol. The van der Waals surface area contributed by atoms with Crippen molar-refractivity contribution in [3.63, 3.8) is 0 Å². The van der Waals surface area contributed by atoms with E-state index in [0.29, 0.717) is 11.7 Å². The highest BCUT2D eigenvalue weighted by atomic mass is 32.1. The maximum absolute atomic E-state index is 11.7. The van der Waals surface area contributed by atoms with E-state index in [-0.39, 0.29) is 24.7 Å². The number of benzene rings is 1. The zero-order chi connectivity index (χ0) is 17.2. The summed E-state index contributed by atoms with van der Waals surface area (Å²) in [6.07, 6.45) is 2.57. The van der Waals surface area contributed by atoms with E-state index in [1.165, 1.54) is 16.9 Å². The summed E-state index contributed by atoms with van der Waals surface area (Å²) in [5, 5.41) is 11.8. The van der Waals surface area contributed by atoms with Crippen LogP contribution in [-0.2, 0) is 27.2 Å². The molecule has 2 aromatic rings. The summed E-state index contributed by atoms with van der Waals surface area (Å²) >= 11 is 1.34. The molecule has 0 saturated heterocycles. The predicted octanol–water partition coefficient (Wildman–Crippen LogP) is 3.00. The van der Waals surface area contributed by atoms with Crippen LogP contribution in [0, 0.1) is 0 Å². The Labute approximate surface area is 145 Å². The Hall–Kier alpha value is -2.28. The van der Waals surface area contributed by atoms with E-state index in [1.54, 1.807) is 0 Å². The molecule has 0 spiro atoms. The van der Waals surface area contributed by atoms with Gasteiger partial charge in [-0.3, -0.25) is 9.59 Å². The number of amides is 1. The molecule has 1 aromatic carbocycles. The van der Waals surface area contributed by atoms with Gasteiger partial charge in [0.25, 0.3) is 0 Å². The number of aromatic nitrogens is 2. The lowest BCUT2D eigenvalue weighted by Gasteiger charge is -2.05. The first-order chi connectivity index (χ1) is 11.7. The highest BCUT2D eigenvalue weighted by Gasteiger charge is 2.10. The Morgan fingerprint density at radius 3 is 2.67 bits per heavy atom. The molecule has 6 nitrogen and oxygen atoms in total. The zero-order valence-electron chi connectivity index (χ0n) is 13.7. The highest BCUT2D eigenvalue weighted by Crippen LogP contribution is 2.15. The van der Waals surface area contributed by atoms with Crippen LogP contribution in [0.15, 0.2) is 30.3 Å². The summed E-state index contributed by atoms with van der Waals surface area (Å²) in [5.74, 6) is -0.611. The smallest absolute Gasteiger partial charge is 0.306 e. The van der Waals surface area contributed by atoms with Gasteiger partial charge in [0.2, 0.25) is 11.0 Å². The number of nitrogens with one attached hydrogen (secondary N) is 1. The summed E-state index contributed by atoms with van der Waals surface area (Å²) in [6, 6.07) is 10.0. The molecule has 7 heteroatoms. The van der Waals surface area contributed by atoms with E-state index in [2.05, 4.69) is 15.5 Å². The second kappa shape index (κ2) is 9.77. The van der Waals surface area contributed by atoms with E-state index in [1.807, 2.05) is 37.3 Å². The van der Waals surface area contributed by atoms with Gasteiger partial charge in [0, 0.05) is 6.42 Å². The SMILES string of the molecule is CCc1nnc(NC(=O)CCC(=O)OCCCc2ccccc2)s1. The highest BCUT2D eigenvalue weighted by molar-refractivity contribution is 7.15. The Balaban J connectivity index is 1.58. The lowest BCUT2D eigenvalue weighted by Crippen LogP contribution is -2.15. The number of rotatable bonds is 9. The van der Waals surface area contributed by atoms with Crippen molar-refractivity contribution < 1.29 is 14.3 Å². The van der Waals surface area contributed by atoms with Crippen LogP contribution < -0.4 is 5.32 Å². The second-order valence-electron chi connectivity index (χ2n) is 5.21. The van der Waals surface area contributed by atoms with Crippen molar-refractivity contribution in [2.45, 2.75) is 39.0 Å². The topological polar surface area (TPSA) is 81.2 Å². The summed E-state index contributed by atoms with van der Waals surface area (Å²) in [5.41, 5.74) is 1.22. The number of hydrogen-bond donors (Lipinski definition) is 1. The quantitative estimate of drug-likeness (QED) is 0.557. The average molecular weight is 347 g/mol. The molecule has 0 atom stereocenters. The molecule has 0 bridgehead atoms. The second-order valence-corrected chi connectivity index (χ2v) is 6.27. The van der Waals surface area contributed by atoms with Crippen molar-refractivity contribution in [1.82, 2.24) is 10.2 Å². The third kappa shape index (κ3) is 6.45. The zero-order valence-corrected chi connectivity index (χ0v) is 14.5. The van der Waals surface area contributed by atoms with Crippen LogP contribution in [0.4, 0.5) is 5.13 Å². The molecule has 1 aromatic heterocycles. The largest absolute Gasteiger partial charge is 0.466 e. The van der Waals surface area contributed by atoms with Gasteiger partial charge in [-0.25, -0.2) is 0 Å². The third-order valence-corrected chi connectivity index (χ3v) is 4.27. The molecule has 0 aliphatic carbocycles. The van der Waals surface area contributed by atoms with Crippen LogP contribution >= 0.6 is 11.3 Å². The lowest BCUT2D eigenvalue weighted by molar-refractivity contribution is -0.144. The van der Waals surface area contributed by atoms with E-state index in [0.717, 1.165) is 24.3 Å². The van der Waals surface area contributed by atoms with Gasteiger partial charge in [-0.2, -0.15) is 0 Å². The Bertz CT molecular complexity index is 658. The van der Waals surface area contributed by atoms with Gasteiger partial charge in [-0.15, -0.1) is 10.2 Å². The minimum absolute atomic E-state index is 0.0661. The number of nitrogens with zero attached hydrogens (tertiary/aromatic N) is 2. The van der Waals surface area contributed by atoms with Crippen LogP contribution in [0.1, 0.15) is 36.8 Å². The van der Waals surface area contributed by atoms with Crippen LogP contribution in [0.3, 0.4) is 0 Å². The number of esters is 1. The number of carbonyl (C=O) groups is 2. The molecule has 0 radical (unpaired) electrons. The molecule has 2 rings (SSSR count). The summed E-state index contributed by atoms with van der Waals surface area (Å²) < 4.78 is 5.14. The van der Waals surface area contributed by atoms with Gasteiger partial charge in [-0.05, 0) is 24.8 Å². The van der Waals surface area contributed by atoms with Gasteiger partial charge < -0.3 is 10.1 Å². The van der Waals surface area contributed by atoms with Crippen LogP contribution in [0.2, 0.25) is 0 Å². The van der Waals surface area contributed by atoms with Crippen molar-refractivity contribution in [2.75, 3.05) is 11.9 Å². The van der Waals surface area contributed by atoms with E-state index in [4.69, 9.17) is 4.74 Å². The van der Waals surface area contributed by atoms with Gasteiger partial charge in [0.15, 0.2) is 0 Å². The van der Waals surface area contributed by atoms with Crippen molar-refractivity contribution in [2.24, 2.45) is 0 Å². The van der Waals surface area contributed by atoms with Crippen LogP contribution in [0.25, 0.3) is 0 Å². The van der Waals surface area contributed by atoms with Gasteiger partial charge in [0.1, 0.15) is 5.01 Å². The first kappa shape index (κ1) is 18.1. The number of aryl methyl sites for hydroxylation is 2. The molecule has 1 N–H and O–H groups in total. The maximum atomic E-state index is 11.7. The van der Waals surface area contributed by atoms with E-state index < -0.39 is 0 Å². The fraction of sp³-hybridized carbons (Fsp3) is 0.412. The molecule has 1 amide bonds. The minimum Gasteiger partial charge on any atom is -0.466 e. The molecule has 1 heterocycles. The molecule has 128 valence electrons. The molecule has 0 fully saturated rings. The number of carbonyl (C=O) groups excluding carboxylic acids is 2. The maximum Gasteiger partial charge on any atom is 0.306 e. The summed E-state index contributed by atoms with van der Waals surface area (Å²) in [6.45, 7) is 2.34.